The number of fused-ring (bicyclic) bond motifs is 3. The van der Waals surface area contributed by atoms with Gasteiger partial charge >= 0.3 is 0 Å². The van der Waals surface area contributed by atoms with Gasteiger partial charge in [-0.25, -0.2) is 0 Å². The van der Waals surface area contributed by atoms with Gasteiger partial charge in [-0.1, -0.05) is 131 Å². The molecule has 1 heterocycles. The first-order valence-electron chi connectivity index (χ1n) is 14.2. The summed E-state index contributed by atoms with van der Waals surface area (Å²) in [5.74, 6) is 0. The highest BCUT2D eigenvalue weighted by Crippen LogP contribution is 2.57. The zero-order valence-corrected chi connectivity index (χ0v) is 23.5. The molecule has 0 aliphatic carbocycles. The lowest BCUT2D eigenvalue weighted by molar-refractivity contribution is 0.592. The highest BCUT2D eigenvalue weighted by Gasteiger charge is 2.44. The van der Waals surface area contributed by atoms with E-state index in [0.717, 1.165) is 54.4 Å². The summed E-state index contributed by atoms with van der Waals surface area (Å²) in [6.07, 6.45) is 8.80. The molecular formula is C35H39OP. The van der Waals surface area contributed by atoms with Crippen molar-refractivity contribution in [2.24, 2.45) is 0 Å². The van der Waals surface area contributed by atoms with E-state index in [4.69, 9.17) is 0 Å². The Morgan fingerprint density at radius 3 is 1.86 bits per heavy atom. The standard InChI is InChI=1S/C35H39OP/c1-4-7-10-23-30-28(17-5-2)29(18-6-3)33(26-19-11-8-12-20-26)34-31-24-15-16-25-32(31)37(36,35(30)34)27-21-13-9-14-22-27/h8-9,11-16,19-22,24-25H,4-7,10,17-18,23H2,1-3H3. The molecule has 0 bridgehead atoms. The smallest absolute Gasteiger partial charge is 0.172 e. The Morgan fingerprint density at radius 1 is 0.568 bits per heavy atom. The van der Waals surface area contributed by atoms with Crippen LogP contribution in [0.25, 0.3) is 22.3 Å². The van der Waals surface area contributed by atoms with E-state index in [2.05, 4.69) is 87.5 Å². The normalized spacial score (nSPS) is 16.0. The molecule has 0 aromatic heterocycles. The van der Waals surface area contributed by atoms with Crippen LogP contribution in [-0.2, 0) is 23.8 Å². The van der Waals surface area contributed by atoms with Crippen molar-refractivity contribution in [1.82, 2.24) is 0 Å². The molecule has 1 aliphatic heterocycles. The van der Waals surface area contributed by atoms with E-state index in [9.17, 15) is 0 Å². The zero-order chi connectivity index (χ0) is 25.8. The van der Waals surface area contributed by atoms with Gasteiger partial charge in [-0.3, -0.25) is 0 Å². The van der Waals surface area contributed by atoms with E-state index in [0.29, 0.717) is 0 Å². The highest BCUT2D eigenvalue weighted by atomic mass is 31.2. The van der Waals surface area contributed by atoms with Gasteiger partial charge < -0.3 is 4.57 Å². The first-order chi connectivity index (χ1) is 18.2. The van der Waals surface area contributed by atoms with Crippen molar-refractivity contribution in [3.63, 3.8) is 0 Å². The van der Waals surface area contributed by atoms with Gasteiger partial charge in [-0.2, -0.15) is 0 Å². The molecule has 37 heavy (non-hydrogen) atoms. The Kier molecular flexibility index (Phi) is 7.82. The average Bonchev–Trinajstić information content (AvgIpc) is 3.21. The topological polar surface area (TPSA) is 17.1 Å². The van der Waals surface area contributed by atoms with E-state index in [-0.39, 0.29) is 0 Å². The predicted molar refractivity (Wildman–Crippen MR) is 161 cm³/mol. The van der Waals surface area contributed by atoms with E-state index in [1.54, 1.807) is 0 Å². The van der Waals surface area contributed by atoms with Crippen molar-refractivity contribution in [2.75, 3.05) is 0 Å². The van der Waals surface area contributed by atoms with Gasteiger partial charge in [0.1, 0.15) is 0 Å². The maximum atomic E-state index is 15.7. The summed E-state index contributed by atoms with van der Waals surface area (Å²) in [5.41, 5.74) is 9.32. The Morgan fingerprint density at radius 2 is 1.19 bits per heavy atom. The lowest BCUT2D eigenvalue weighted by Gasteiger charge is -2.27. The van der Waals surface area contributed by atoms with Crippen molar-refractivity contribution >= 4 is 23.1 Å². The maximum Gasteiger partial charge on any atom is 0.172 e. The third-order valence-corrected chi connectivity index (χ3v) is 11.1. The molecule has 5 rings (SSSR count). The molecule has 0 radical (unpaired) electrons. The number of unbranched alkanes of at least 4 members (excludes halogenated alkanes) is 2. The fourth-order valence-corrected chi connectivity index (χ4v) is 9.68. The Labute approximate surface area is 223 Å². The highest BCUT2D eigenvalue weighted by molar-refractivity contribution is 7.86. The van der Waals surface area contributed by atoms with Gasteiger partial charge in [0.05, 0.1) is 0 Å². The average molecular weight is 507 g/mol. The minimum absolute atomic E-state index is 0.961. The molecule has 190 valence electrons. The molecule has 1 nitrogen and oxygen atoms in total. The van der Waals surface area contributed by atoms with Gasteiger partial charge in [0.2, 0.25) is 0 Å². The Hall–Kier alpha value is -2.89. The number of rotatable bonds is 10. The monoisotopic (exact) mass is 506 g/mol. The van der Waals surface area contributed by atoms with Crippen molar-refractivity contribution in [2.45, 2.75) is 72.1 Å². The van der Waals surface area contributed by atoms with Crippen LogP contribution in [0, 0.1) is 0 Å². The zero-order valence-electron chi connectivity index (χ0n) is 22.6. The Balaban J connectivity index is 1.98. The molecule has 2 heteroatoms. The minimum Gasteiger partial charge on any atom is -0.309 e. The summed E-state index contributed by atoms with van der Waals surface area (Å²) in [5, 5.41) is 3.11. The molecule has 1 unspecified atom stereocenters. The lowest BCUT2D eigenvalue weighted by Crippen LogP contribution is -2.25. The van der Waals surface area contributed by atoms with Gasteiger partial charge in [-0.05, 0) is 59.1 Å². The summed E-state index contributed by atoms with van der Waals surface area (Å²) in [4.78, 5) is 0. The van der Waals surface area contributed by atoms with Crippen molar-refractivity contribution in [3.8, 4) is 22.3 Å². The van der Waals surface area contributed by atoms with Gasteiger partial charge in [0.25, 0.3) is 0 Å². The van der Waals surface area contributed by atoms with E-state index in [1.807, 2.05) is 18.2 Å². The van der Waals surface area contributed by atoms with Crippen LogP contribution in [0.4, 0.5) is 0 Å². The number of hydrogen-bond acceptors (Lipinski definition) is 1. The molecule has 0 saturated heterocycles. The fourth-order valence-electron chi connectivity index (χ4n) is 6.31. The third kappa shape index (κ3) is 4.42. The SMILES string of the molecule is CCCCCc1c(CCC)c(CCC)c(-c2ccccc2)c2c1P(=O)(c1ccccc1)c1ccccc1-2. The molecule has 0 fully saturated rings. The van der Waals surface area contributed by atoms with Crippen LogP contribution in [0.1, 0.15) is 69.6 Å². The van der Waals surface area contributed by atoms with E-state index >= 15 is 4.57 Å². The summed E-state index contributed by atoms with van der Waals surface area (Å²) < 4.78 is 15.7. The minimum atomic E-state index is -3.03. The fraction of sp³-hybridized carbons (Fsp3) is 0.314. The Bertz CT molecular complexity index is 1420. The molecule has 0 amide bonds. The molecule has 4 aromatic rings. The lowest BCUT2D eigenvalue weighted by atomic mass is 9.81. The van der Waals surface area contributed by atoms with Crippen LogP contribution in [0.15, 0.2) is 84.9 Å². The second-order valence-electron chi connectivity index (χ2n) is 10.3. The maximum absolute atomic E-state index is 15.7. The molecule has 0 saturated carbocycles. The first-order valence-corrected chi connectivity index (χ1v) is 15.9. The number of hydrogen-bond donors (Lipinski definition) is 0. The number of benzene rings is 4. The predicted octanol–water partition coefficient (Wildman–Crippen LogP) is 8.61. The summed E-state index contributed by atoms with van der Waals surface area (Å²) >= 11 is 0. The summed E-state index contributed by atoms with van der Waals surface area (Å²) in [7, 11) is -3.03. The van der Waals surface area contributed by atoms with Crippen LogP contribution in [-0.4, -0.2) is 0 Å². The van der Waals surface area contributed by atoms with Crippen molar-refractivity contribution in [3.05, 3.63) is 102 Å². The summed E-state index contributed by atoms with van der Waals surface area (Å²) in [6.45, 7) is 6.84. The quantitative estimate of drug-likeness (QED) is 0.137. The summed E-state index contributed by atoms with van der Waals surface area (Å²) in [6, 6.07) is 29.7. The van der Waals surface area contributed by atoms with Crippen LogP contribution >= 0.6 is 7.14 Å². The largest absolute Gasteiger partial charge is 0.309 e. The molecular weight excluding hydrogens is 467 g/mol. The van der Waals surface area contributed by atoms with Crippen LogP contribution in [0.2, 0.25) is 0 Å². The van der Waals surface area contributed by atoms with Gasteiger partial charge in [0, 0.05) is 21.5 Å². The second-order valence-corrected chi connectivity index (χ2v) is 13.0. The second kappa shape index (κ2) is 11.2. The van der Waals surface area contributed by atoms with E-state index < -0.39 is 7.14 Å². The van der Waals surface area contributed by atoms with Crippen molar-refractivity contribution < 1.29 is 4.57 Å². The molecule has 0 N–H and O–H groups in total. The van der Waals surface area contributed by atoms with Gasteiger partial charge in [-0.15, -0.1) is 0 Å². The van der Waals surface area contributed by atoms with Crippen LogP contribution in [0.5, 0.6) is 0 Å². The first kappa shape index (κ1) is 25.7. The van der Waals surface area contributed by atoms with Crippen LogP contribution in [0.3, 0.4) is 0 Å². The van der Waals surface area contributed by atoms with Gasteiger partial charge in [0.15, 0.2) is 7.14 Å². The molecule has 0 spiro atoms. The van der Waals surface area contributed by atoms with Crippen LogP contribution < -0.4 is 15.9 Å². The molecule has 4 aromatic carbocycles. The van der Waals surface area contributed by atoms with E-state index in [1.165, 1.54) is 51.8 Å². The molecule has 1 atom stereocenters. The van der Waals surface area contributed by atoms with Crippen molar-refractivity contribution in [1.29, 1.82) is 0 Å². The molecule has 1 aliphatic rings. The third-order valence-electron chi connectivity index (χ3n) is 7.84.